The molecular formula is C9H9N3O. The maximum Gasteiger partial charge on any atom is 0.262 e. The van der Waals surface area contributed by atoms with Crippen molar-refractivity contribution in [3.8, 4) is 0 Å². The van der Waals surface area contributed by atoms with Gasteiger partial charge in [-0.05, 0) is 19.9 Å². The highest BCUT2D eigenvalue weighted by molar-refractivity contribution is 5.31. The predicted octanol–water partition coefficient (Wildman–Crippen LogP) is 0.706. The molecular weight excluding hydrogens is 166 g/mol. The van der Waals surface area contributed by atoms with Gasteiger partial charge in [-0.2, -0.15) is 0 Å². The summed E-state index contributed by atoms with van der Waals surface area (Å²) in [5, 5.41) is 0. The Labute approximate surface area is 74.9 Å². The van der Waals surface area contributed by atoms with Crippen LogP contribution in [0.1, 0.15) is 11.3 Å². The molecule has 2 heterocycles. The molecule has 0 bridgehead atoms. The number of rotatable bonds is 0. The van der Waals surface area contributed by atoms with Crippen molar-refractivity contribution in [3.05, 3.63) is 40.1 Å². The fourth-order valence-corrected chi connectivity index (χ4v) is 1.17. The monoisotopic (exact) mass is 175 g/mol. The Kier molecular flexibility index (Phi) is 1.62. The summed E-state index contributed by atoms with van der Waals surface area (Å²) < 4.78 is 1.45. The molecule has 0 aliphatic carbocycles. The number of aromatic nitrogens is 3. The minimum atomic E-state index is -0.0457. The maximum atomic E-state index is 11.6. The number of fused-ring (bicyclic) bond motifs is 1. The second-order valence-electron chi connectivity index (χ2n) is 2.92. The van der Waals surface area contributed by atoms with E-state index in [1.54, 1.807) is 25.4 Å². The highest BCUT2D eigenvalue weighted by Gasteiger charge is 2.03. The lowest BCUT2D eigenvalue weighted by atomic mass is 10.3. The van der Waals surface area contributed by atoms with Crippen molar-refractivity contribution in [1.82, 2.24) is 14.4 Å². The molecule has 2 rings (SSSR count). The molecule has 0 saturated carbocycles. The van der Waals surface area contributed by atoms with Crippen molar-refractivity contribution in [3.63, 3.8) is 0 Å². The third-order valence-corrected chi connectivity index (χ3v) is 2.08. The molecule has 0 N–H and O–H groups in total. The summed E-state index contributed by atoms with van der Waals surface area (Å²) in [7, 11) is 0. The zero-order valence-electron chi connectivity index (χ0n) is 7.48. The van der Waals surface area contributed by atoms with Gasteiger partial charge in [0.05, 0.1) is 0 Å². The minimum absolute atomic E-state index is 0.0457. The first-order valence-corrected chi connectivity index (χ1v) is 4.01. The first-order chi connectivity index (χ1) is 6.20. The number of nitrogens with zero attached hydrogens (tertiary/aromatic N) is 3. The summed E-state index contributed by atoms with van der Waals surface area (Å²) in [5.41, 5.74) is 1.37. The zero-order chi connectivity index (χ0) is 9.42. The largest absolute Gasteiger partial charge is 0.269 e. The number of aryl methyl sites for hydroxylation is 1. The molecule has 0 unspecified atom stereocenters. The molecule has 2 aromatic heterocycles. The molecule has 2 aromatic rings. The average Bonchev–Trinajstić information content (AvgIpc) is 2.15. The van der Waals surface area contributed by atoms with Gasteiger partial charge in [0, 0.05) is 23.7 Å². The fraction of sp³-hybridized carbons (Fsp3) is 0.222. The summed E-state index contributed by atoms with van der Waals surface area (Å²) in [6.07, 6.45) is 3.29. The molecule has 0 radical (unpaired) electrons. The van der Waals surface area contributed by atoms with Gasteiger partial charge in [0.15, 0.2) is 0 Å². The van der Waals surface area contributed by atoms with Gasteiger partial charge < -0.3 is 0 Å². The Balaban J connectivity index is 3.03. The van der Waals surface area contributed by atoms with E-state index in [1.807, 2.05) is 6.92 Å². The van der Waals surface area contributed by atoms with Gasteiger partial charge in [0.25, 0.3) is 5.56 Å². The van der Waals surface area contributed by atoms with Crippen molar-refractivity contribution in [2.75, 3.05) is 0 Å². The van der Waals surface area contributed by atoms with Gasteiger partial charge in [0.2, 0.25) is 5.78 Å². The predicted molar refractivity (Wildman–Crippen MR) is 48.7 cm³/mol. The summed E-state index contributed by atoms with van der Waals surface area (Å²) in [4.78, 5) is 19.8. The highest BCUT2D eigenvalue weighted by Crippen LogP contribution is 1.98. The lowest BCUT2D eigenvalue weighted by molar-refractivity contribution is 0.948. The van der Waals surface area contributed by atoms with Crippen LogP contribution in [0.4, 0.5) is 0 Å². The number of hydrogen-bond donors (Lipinski definition) is 0. The van der Waals surface area contributed by atoms with Crippen molar-refractivity contribution >= 4 is 5.78 Å². The van der Waals surface area contributed by atoms with E-state index in [0.29, 0.717) is 11.3 Å². The molecule has 0 aliphatic rings. The van der Waals surface area contributed by atoms with E-state index >= 15 is 0 Å². The van der Waals surface area contributed by atoms with Crippen LogP contribution < -0.4 is 5.56 Å². The average molecular weight is 175 g/mol. The second-order valence-corrected chi connectivity index (χ2v) is 2.92. The van der Waals surface area contributed by atoms with E-state index in [4.69, 9.17) is 0 Å². The zero-order valence-corrected chi connectivity index (χ0v) is 7.48. The quantitative estimate of drug-likeness (QED) is 0.592. The normalized spacial score (nSPS) is 10.6. The fourth-order valence-electron chi connectivity index (χ4n) is 1.17. The van der Waals surface area contributed by atoms with Gasteiger partial charge in [-0.25, -0.2) is 9.97 Å². The van der Waals surface area contributed by atoms with Gasteiger partial charge in [-0.1, -0.05) is 0 Å². The molecule has 0 aliphatic heterocycles. The van der Waals surface area contributed by atoms with Crippen LogP contribution in [0, 0.1) is 13.8 Å². The Bertz CT molecular complexity index is 516. The van der Waals surface area contributed by atoms with Crippen molar-refractivity contribution in [2.45, 2.75) is 13.8 Å². The Morgan fingerprint density at radius 1 is 1.38 bits per heavy atom. The van der Waals surface area contributed by atoms with Crippen molar-refractivity contribution < 1.29 is 0 Å². The third-order valence-electron chi connectivity index (χ3n) is 2.08. The molecule has 0 aromatic carbocycles. The minimum Gasteiger partial charge on any atom is -0.269 e. The van der Waals surface area contributed by atoms with Gasteiger partial charge in [-0.3, -0.25) is 9.20 Å². The topological polar surface area (TPSA) is 47.3 Å². The van der Waals surface area contributed by atoms with E-state index in [0.717, 1.165) is 5.69 Å². The third kappa shape index (κ3) is 1.11. The lowest BCUT2D eigenvalue weighted by Crippen LogP contribution is -2.19. The molecule has 66 valence electrons. The summed E-state index contributed by atoms with van der Waals surface area (Å²) in [6, 6.07) is 1.71. The molecule has 0 atom stereocenters. The van der Waals surface area contributed by atoms with Crippen LogP contribution in [-0.4, -0.2) is 14.4 Å². The Morgan fingerprint density at radius 3 is 2.92 bits per heavy atom. The summed E-state index contributed by atoms with van der Waals surface area (Å²) in [5.74, 6) is 0.454. The van der Waals surface area contributed by atoms with Crippen LogP contribution in [0.25, 0.3) is 5.78 Å². The van der Waals surface area contributed by atoms with Crippen LogP contribution in [0.15, 0.2) is 23.3 Å². The van der Waals surface area contributed by atoms with Crippen LogP contribution in [0.3, 0.4) is 0 Å². The molecule has 4 heteroatoms. The van der Waals surface area contributed by atoms with Crippen LogP contribution in [0.2, 0.25) is 0 Å². The van der Waals surface area contributed by atoms with Crippen LogP contribution in [-0.2, 0) is 0 Å². The van der Waals surface area contributed by atoms with Gasteiger partial charge in [-0.15, -0.1) is 0 Å². The molecule has 0 spiro atoms. The van der Waals surface area contributed by atoms with E-state index in [2.05, 4.69) is 9.97 Å². The first-order valence-electron chi connectivity index (χ1n) is 4.01. The molecule has 0 saturated heterocycles. The van der Waals surface area contributed by atoms with Gasteiger partial charge in [0.1, 0.15) is 0 Å². The summed E-state index contributed by atoms with van der Waals surface area (Å²) >= 11 is 0. The van der Waals surface area contributed by atoms with E-state index in [9.17, 15) is 4.79 Å². The standard InChI is InChI=1S/C9H9N3O/c1-6-7(2)11-9-10-4-3-5-12(9)8(6)13/h3-5H,1-2H3. The van der Waals surface area contributed by atoms with E-state index in [1.165, 1.54) is 4.40 Å². The van der Waals surface area contributed by atoms with Gasteiger partial charge >= 0.3 is 0 Å². The molecule has 0 fully saturated rings. The number of hydrogen-bond acceptors (Lipinski definition) is 3. The van der Waals surface area contributed by atoms with Crippen LogP contribution >= 0.6 is 0 Å². The molecule has 13 heavy (non-hydrogen) atoms. The summed E-state index contributed by atoms with van der Waals surface area (Å²) in [6.45, 7) is 3.58. The maximum absolute atomic E-state index is 11.6. The first kappa shape index (κ1) is 7.91. The lowest BCUT2D eigenvalue weighted by Gasteiger charge is -2.01. The second kappa shape index (κ2) is 2.65. The van der Waals surface area contributed by atoms with Crippen molar-refractivity contribution in [2.24, 2.45) is 0 Å². The molecule has 4 nitrogen and oxygen atoms in total. The Hall–Kier alpha value is -1.71. The van der Waals surface area contributed by atoms with Crippen LogP contribution in [0.5, 0.6) is 0 Å². The van der Waals surface area contributed by atoms with E-state index < -0.39 is 0 Å². The highest BCUT2D eigenvalue weighted by atomic mass is 16.1. The van der Waals surface area contributed by atoms with Crippen molar-refractivity contribution in [1.29, 1.82) is 0 Å². The van der Waals surface area contributed by atoms with E-state index in [-0.39, 0.29) is 5.56 Å². The SMILES string of the molecule is Cc1nc2ncccn2c(=O)c1C. The molecule has 0 amide bonds. The Morgan fingerprint density at radius 2 is 2.15 bits per heavy atom. The smallest absolute Gasteiger partial charge is 0.262 e.